The summed E-state index contributed by atoms with van der Waals surface area (Å²) in [5.41, 5.74) is 12.3. The molecule has 7 aromatic rings. The number of nitrogens with zero attached hydrogens (tertiary/aromatic N) is 3. The first-order valence-electron chi connectivity index (χ1n) is 15.6. The van der Waals surface area contributed by atoms with Crippen LogP contribution in [0.25, 0.3) is 59.9 Å². The number of rotatable bonds is 3. The van der Waals surface area contributed by atoms with Crippen molar-refractivity contribution in [2.45, 2.75) is 81.1 Å². The molecule has 0 saturated heterocycles. The van der Waals surface area contributed by atoms with E-state index in [0.29, 0.717) is 5.92 Å². The maximum atomic E-state index is 4.95. The molecule has 0 N–H and O–H groups in total. The molecule has 0 aliphatic carbocycles. The van der Waals surface area contributed by atoms with E-state index in [9.17, 15) is 0 Å². The van der Waals surface area contributed by atoms with E-state index in [1.165, 1.54) is 76.6 Å². The molecule has 0 atom stereocenters. The number of pyridine rings is 1. The van der Waals surface area contributed by atoms with E-state index < -0.39 is 0 Å². The molecule has 0 aliphatic rings. The zero-order valence-electron chi connectivity index (χ0n) is 27.0. The highest BCUT2D eigenvalue weighted by Crippen LogP contribution is 2.46. The summed E-state index contributed by atoms with van der Waals surface area (Å²) < 4.78 is 4.89. The van der Waals surface area contributed by atoms with Crippen molar-refractivity contribution in [3.05, 3.63) is 77.1 Å². The third-order valence-electron chi connectivity index (χ3n) is 9.16. The zero-order valence-corrected chi connectivity index (χ0v) is 27.0. The van der Waals surface area contributed by atoms with Gasteiger partial charge in [0.2, 0.25) is 0 Å². The topological polar surface area (TPSA) is 21.2 Å². The number of hydrogen-bond acceptors (Lipinski definition) is 1. The molecule has 0 aliphatic heterocycles. The second-order valence-corrected chi connectivity index (χ2v) is 15.5. The van der Waals surface area contributed by atoms with Crippen molar-refractivity contribution < 1.29 is 4.57 Å². The lowest BCUT2D eigenvalue weighted by Gasteiger charge is -2.25. The summed E-state index contributed by atoms with van der Waals surface area (Å²) in [7, 11) is 2.17. The molecule has 3 heteroatoms. The number of aromatic nitrogens is 3. The zero-order chi connectivity index (χ0) is 29.9. The summed E-state index contributed by atoms with van der Waals surface area (Å²) >= 11 is 0. The molecule has 42 heavy (non-hydrogen) atoms. The van der Waals surface area contributed by atoms with Gasteiger partial charge in [0, 0.05) is 10.8 Å². The summed E-state index contributed by atoms with van der Waals surface area (Å²) in [4.78, 5) is 4.95. The van der Waals surface area contributed by atoms with Gasteiger partial charge in [-0.05, 0) is 92.7 Å². The highest BCUT2D eigenvalue weighted by molar-refractivity contribution is 6.28. The lowest BCUT2D eigenvalue weighted by Crippen LogP contribution is -2.30. The Hall–Kier alpha value is -3.72. The van der Waals surface area contributed by atoms with Gasteiger partial charge in [0.25, 0.3) is 6.33 Å². The Morgan fingerprint density at radius 3 is 2.19 bits per heavy atom. The first kappa shape index (κ1) is 27.1. The van der Waals surface area contributed by atoms with E-state index in [1.54, 1.807) is 0 Å². The standard InChI is InChI=1S/C39H44N3/c1-22(2)25-12-11-13-31-33(25)27-16-17-30-34-35(27)42(31)36-29(20-39(7,8)9)26-15-14-24(19-38(4,5)6)18-28(26)23(3)32(36)37(34)41(10)21-40-30/h11-18,21-22H,19-20H2,1-10H3/q+1. The Bertz CT molecular complexity index is 2200. The molecule has 0 radical (unpaired) electrons. The average Bonchev–Trinajstić information content (AvgIpc) is 3.24. The molecule has 0 fully saturated rings. The van der Waals surface area contributed by atoms with Gasteiger partial charge in [-0.25, -0.2) is 4.57 Å². The van der Waals surface area contributed by atoms with Gasteiger partial charge >= 0.3 is 0 Å². The quantitative estimate of drug-likeness (QED) is 0.121. The molecule has 3 aromatic heterocycles. The molecule has 0 spiro atoms. The molecular weight excluding hydrogens is 510 g/mol. The van der Waals surface area contributed by atoms with Crippen LogP contribution in [0.1, 0.15) is 83.6 Å². The van der Waals surface area contributed by atoms with Crippen LogP contribution >= 0.6 is 0 Å². The highest BCUT2D eigenvalue weighted by Gasteiger charge is 2.29. The smallest absolute Gasteiger partial charge is 0.287 e. The van der Waals surface area contributed by atoms with Crippen molar-refractivity contribution in [3.63, 3.8) is 0 Å². The summed E-state index contributed by atoms with van der Waals surface area (Å²) in [6.45, 7) is 21.1. The van der Waals surface area contributed by atoms with E-state index in [0.717, 1.165) is 18.4 Å². The van der Waals surface area contributed by atoms with Crippen LogP contribution < -0.4 is 4.57 Å². The van der Waals surface area contributed by atoms with Crippen molar-refractivity contribution in [1.82, 2.24) is 9.38 Å². The third kappa shape index (κ3) is 3.92. The summed E-state index contributed by atoms with van der Waals surface area (Å²) in [6.07, 6.45) is 4.06. The van der Waals surface area contributed by atoms with E-state index in [2.05, 4.69) is 127 Å². The number of fused-ring (bicyclic) bond motifs is 7. The molecule has 0 bridgehead atoms. The molecule has 7 rings (SSSR count). The Morgan fingerprint density at radius 2 is 1.50 bits per heavy atom. The Kier molecular flexibility index (Phi) is 5.75. The molecular formula is C39H44N3+. The minimum absolute atomic E-state index is 0.123. The van der Waals surface area contributed by atoms with Crippen molar-refractivity contribution in [3.8, 4) is 0 Å². The van der Waals surface area contributed by atoms with Crippen LogP contribution in [0.4, 0.5) is 0 Å². The largest absolute Gasteiger partial charge is 0.307 e. The van der Waals surface area contributed by atoms with Crippen molar-refractivity contribution >= 4 is 59.9 Å². The Labute approximate surface area is 249 Å². The fourth-order valence-electron chi connectivity index (χ4n) is 7.63. The first-order chi connectivity index (χ1) is 19.7. The predicted octanol–water partition coefficient (Wildman–Crippen LogP) is 9.97. The van der Waals surface area contributed by atoms with E-state index in [-0.39, 0.29) is 10.8 Å². The van der Waals surface area contributed by atoms with Gasteiger partial charge in [0.1, 0.15) is 5.52 Å². The lowest BCUT2D eigenvalue weighted by atomic mass is 9.82. The van der Waals surface area contributed by atoms with Gasteiger partial charge in [0.05, 0.1) is 34.4 Å². The normalized spacial score (nSPS) is 13.4. The molecule has 3 heterocycles. The van der Waals surface area contributed by atoms with E-state index in [1.807, 2.05) is 6.33 Å². The van der Waals surface area contributed by atoms with Crippen molar-refractivity contribution in [2.24, 2.45) is 17.9 Å². The van der Waals surface area contributed by atoms with E-state index >= 15 is 0 Å². The van der Waals surface area contributed by atoms with Crippen molar-refractivity contribution in [1.29, 1.82) is 0 Å². The SMILES string of the molecule is Cc1c2cc(CC(C)(C)C)ccc2c(CC(C)(C)C)c2c1c1c3c(ccc4c5c(C(C)C)cccc5n2c43)nc[n+]1C. The van der Waals surface area contributed by atoms with Crippen LogP contribution in [0.5, 0.6) is 0 Å². The molecule has 0 saturated carbocycles. The fraction of sp³-hybridized carbons (Fsp3) is 0.385. The molecule has 3 nitrogen and oxygen atoms in total. The van der Waals surface area contributed by atoms with Crippen molar-refractivity contribution in [2.75, 3.05) is 0 Å². The van der Waals surface area contributed by atoms with Crippen LogP contribution in [-0.2, 0) is 19.9 Å². The third-order valence-corrected chi connectivity index (χ3v) is 9.16. The molecule has 214 valence electrons. The van der Waals surface area contributed by atoms with Gasteiger partial charge in [0.15, 0.2) is 5.52 Å². The minimum Gasteiger partial charge on any atom is -0.307 e. The van der Waals surface area contributed by atoms with Crippen LogP contribution in [0.2, 0.25) is 0 Å². The number of hydrogen-bond donors (Lipinski definition) is 0. The summed E-state index contributed by atoms with van der Waals surface area (Å²) in [5, 5.41) is 8.12. The van der Waals surface area contributed by atoms with Gasteiger partial charge in [-0.1, -0.05) is 85.7 Å². The highest BCUT2D eigenvalue weighted by atomic mass is 15.0. The second-order valence-electron chi connectivity index (χ2n) is 15.5. The minimum atomic E-state index is 0.123. The Balaban J connectivity index is 1.83. The summed E-state index contributed by atoms with van der Waals surface area (Å²) in [5.74, 6) is 0.432. The number of benzene rings is 4. The summed E-state index contributed by atoms with van der Waals surface area (Å²) in [6, 6.07) is 18.8. The van der Waals surface area contributed by atoms with Gasteiger partial charge < -0.3 is 4.40 Å². The molecule has 4 aromatic carbocycles. The fourth-order valence-corrected chi connectivity index (χ4v) is 7.63. The van der Waals surface area contributed by atoms with Crippen LogP contribution in [-0.4, -0.2) is 9.38 Å². The second kappa shape index (κ2) is 8.89. The van der Waals surface area contributed by atoms with Crippen LogP contribution in [0, 0.1) is 17.8 Å². The monoisotopic (exact) mass is 554 g/mol. The molecule has 0 amide bonds. The maximum Gasteiger partial charge on any atom is 0.287 e. The number of aryl methyl sites for hydroxylation is 2. The first-order valence-corrected chi connectivity index (χ1v) is 15.6. The molecule has 0 unspecified atom stereocenters. The van der Waals surface area contributed by atoms with Crippen LogP contribution in [0.3, 0.4) is 0 Å². The maximum absolute atomic E-state index is 4.95. The van der Waals surface area contributed by atoms with Gasteiger partial charge in [-0.2, -0.15) is 0 Å². The predicted molar refractivity (Wildman–Crippen MR) is 180 cm³/mol. The van der Waals surface area contributed by atoms with Crippen LogP contribution in [0.15, 0.2) is 54.9 Å². The van der Waals surface area contributed by atoms with E-state index in [4.69, 9.17) is 4.98 Å². The Morgan fingerprint density at radius 1 is 0.786 bits per heavy atom. The van der Waals surface area contributed by atoms with Gasteiger partial charge in [-0.3, -0.25) is 0 Å². The van der Waals surface area contributed by atoms with Gasteiger partial charge in [-0.15, -0.1) is 0 Å². The average molecular weight is 555 g/mol. The lowest BCUT2D eigenvalue weighted by molar-refractivity contribution is -0.646.